The van der Waals surface area contributed by atoms with E-state index in [0.717, 1.165) is 43.7 Å². The first kappa shape index (κ1) is 16.6. The van der Waals surface area contributed by atoms with Gasteiger partial charge in [-0.2, -0.15) is 0 Å². The van der Waals surface area contributed by atoms with Crippen LogP contribution in [0.25, 0.3) is 11.0 Å². The Hall–Kier alpha value is -2.89. The Balaban J connectivity index is 1.46. The number of para-hydroxylation sites is 2. The van der Waals surface area contributed by atoms with Crippen LogP contribution in [0.1, 0.15) is 31.6 Å². The van der Waals surface area contributed by atoms with Gasteiger partial charge in [0.2, 0.25) is 0 Å². The molecular formula is C20H23N5O. The van der Waals surface area contributed by atoms with E-state index < -0.39 is 0 Å². The highest BCUT2D eigenvalue weighted by Crippen LogP contribution is 2.29. The van der Waals surface area contributed by atoms with Crippen LogP contribution in [0.4, 0.5) is 10.6 Å². The smallest absolute Gasteiger partial charge is 0.323 e. The molecule has 0 atom stereocenters. The van der Waals surface area contributed by atoms with Crippen LogP contribution in [0.2, 0.25) is 0 Å². The lowest BCUT2D eigenvalue weighted by Crippen LogP contribution is -2.41. The van der Waals surface area contributed by atoms with Gasteiger partial charge in [0.05, 0.1) is 11.0 Å². The van der Waals surface area contributed by atoms with Crippen molar-refractivity contribution in [3.8, 4) is 0 Å². The number of imidazole rings is 1. The van der Waals surface area contributed by atoms with Crippen LogP contribution in [0.3, 0.4) is 0 Å². The number of amides is 2. The van der Waals surface area contributed by atoms with Gasteiger partial charge in [-0.15, -0.1) is 0 Å². The zero-order chi connectivity index (χ0) is 17.9. The normalized spacial score (nSPS) is 15.3. The van der Waals surface area contributed by atoms with Gasteiger partial charge in [-0.25, -0.2) is 14.8 Å². The Labute approximate surface area is 152 Å². The fourth-order valence-electron chi connectivity index (χ4n) is 3.70. The van der Waals surface area contributed by atoms with Crippen LogP contribution in [0.15, 0.2) is 48.7 Å². The lowest BCUT2D eigenvalue weighted by Gasteiger charge is -2.33. The van der Waals surface area contributed by atoms with Gasteiger partial charge in [0, 0.05) is 31.7 Å². The summed E-state index contributed by atoms with van der Waals surface area (Å²) in [7, 11) is 0. The van der Waals surface area contributed by atoms with Gasteiger partial charge in [0.15, 0.2) is 0 Å². The van der Waals surface area contributed by atoms with E-state index in [1.807, 2.05) is 23.1 Å². The number of carbonyl (C=O) groups excluding carboxylic acids is 1. The summed E-state index contributed by atoms with van der Waals surface area (Å²) < 4.78 is 2.38. The minimum absolute atomic E-state index is 0.0756. The lowest BCUT2D eigenvalue weighted by molar-refractivity contribution is 0.184. The molecule has 1 aliphatic heterocycles. The Morgan fingerprint density at radius 2 is 1.92 bits per heavy atom. The minimum atomic E-state index is -0.0756. The summed E-state index contributed by atoms with van der Waals surface area (Å²) in [5, 5.41) is 2.87. The number of aryl methyl sites for hydroxylation is 1. The van der Waals surface area contributed by atoms with Crippen molar-refractivity contribution in [1.82, 2.24) is 19.4 Å². The number of anilines is 1. The third kappa shape index (κ3) is 3.14. The molecule has 0 radical (unpaired) electrons. The van der Waals surface area contributed by atoms with Gasteiger partial charge in [0.1, 0.15) is 11.6 Å². The third-order valence-electron chi connectivity index (χ3n) is 5.00. The molecule has 134 valence electrons. The number of nitrogens with zero attached hydrogens (tertiary/aromatic N) is 4. The quantitative estimate of drug-likeness (QED) is 0.781. The molecular weight excluding hydrogens is 326 g/mol. The molecule has 2 aromatic heterocycles. The van der Waals surface area contributed by atoms with Gasteiger partial charge in [-0.1, -0.05) is 25.1 Å². The van der Waals surface area contributed by atoms with Gasteiger partial charge in [0.25, 0.3) is 0 Å². The highest BCUT2D eigenvalue weighted by Gasteiger charge is 2.26. The summed E-state index contributed by atoms with van der Waals surface area (Å²) in [4.78, 5) is 23.3. The van der Waals surface area contributed by atoms with Gasteiger partial charge in [-0.05, 0) is 37.1 Å². The van der Waals surface area contributed by atoms with Crippen molar-refractivity contribution < 1.29 is 4.79 Å². The molecule has 0 spiro atoms. The third-order valence-corrected chi connectivity index (χ3v) is 5.00. The van der Waals surface area contributed by atoms with Crippen molar-refractivity contribution >= 4 is 22.9 Å². The molecule has 0 unspecified atom stereocenters. The maximum absolute atomic E-state index is 12.5. The SMILES string of the molecule is CCc1nc2ccccc2n1C1CCN(C(=O)Nc2ccccn2)CC1. The van der Waals surface area contributed by atoms with Gasteiger partial charge >= 0.3 is 6.03 Å². The Morgan fingerprint density at radius 1 is 1.15 bits per heavy atom. The molecule has 1 aliphatic rings. The highest BCUT2D eigenvalue weighted by molar-refractivity contribution is 5.88. The predicted octanol–water partition coefficient (Wildman–Crippen LogP) is 3.86. The molecule has 2 amide bonds. The second kappa shape index (κ2) is 7.15. The van der Waals surface area contributed by atoms with Gasteiger partial charge < -0.3 is 9.47 Å². The van der Waals surface area contributed by atoms with Crippen molar-refractivity contribution in [2.24, 2.45) is 0 Å². The number of piperidine rings is 1. The van der Waals surface area contributed by atoms with Crippen LogP contribution >= 0.6 is 0 Å². The predicted molar refractivity (Wildman–Crippen MR) is 102 cm³/mol. The fourth-order valence-corrected chi connectivity index (χ4v) is 3.70. The van der Waals surface area contributed by atoms with Crippen molar-refractivity contribution in [1.29, 1.82) is 0 Å². The molecule has 1 fully saturated rings. The zero-order valence-electron chi connectivity index (χ0n) is 14.9. The van der Waals surface area contributed by atoms with Crippen LogP contribution in [0.5, 0.6) is 0 Å². The van der Waals surface area contributed by atoms with Crippen LogP contribution < -0.4 is 5.32 Å². The van der Waals surface area contributed by atoms with E-state index in [-0.39, 0.29) is 6.03 Å². The summed E-state index contributed by atoms with van der Waals surface area (Å²) >= 11 is 0. The molecule has 4 rings (SSSR count). The van der Waals surface area contributed by atoms with E-state index in [4.69, 9.17) is 4.98 Å². The summed E-state index contributed by atoms with van der Waals surface area (Å²) in [6.45, 7) is 3.62. The molecule has 6 nitrogen and oxygen atoms in total. The average molecular weight is 349 g/mol. The molecule has 0 saturated carbocycles. The summed E-state index contributed by atoms with van der Waals surface area (Å²) in [6, 6.07) is 14.1. The monoisotopic (exact) mass is 349 g/mol. The largest absolute Gasteiger partial charge is 0.325 e. The van der Waals surface area contributed by atoms with Crippen LogP contribution in [-0.4, -0.2) is 38.6 Å². The topological polar surface area (TPSA) is 63.1 Å². The number of fused-ring (bicyclic) bond motifs is 1. The molecule has 26 heavy (non-hydrogen) atoms. The maximum atomic E-state index is 12.5. The average Bonchev–Trinajstić information content (AvgIpc) is 3.07. The molecule has 0 aliphatic carbocycles. The molecule has 6 heteroatoms. The Kier molecular flexibility index (Phi) is 4.56. The first-order valence-corrected chi connectivity index (χ1v) is 9.19. The first-order valence-electron chi connectivity index (χ1n) is 9.19. The number of hydrogen-bond acceptors (Lipinski definition) is 3. The molecule has 3 heterocycles. The van der Waals surface area contributed by atoms with Crippen LogP contribution in [-0.2, 0) is 6.42 Å². The Bertz CT molecular complexity index is 897. The summed E-state index contributed by atoms with van der Waals surface area (Å²) in [5.41, 5.74) is 2.25. The van der Waals surface area contributed by atoms with E-state index in [9.17, 15) is 4.79 Å². The van der Waals surface area contributed by atoms with E-state index >= 15 is 0 Å². The summed E-state index contributed by atoms with van der Waals surface area (Å²) in [5.74, 6) is 1.72. The van der Waals surface area contributed by atoms with E-state index in [1.54, 1.807) is 12.3 Å². The maximum Gasteiger partial charge on any atom is 0.323 e. The van der Waals surface area contributed by atoms with Crippen molar-refractivity contribution in [3.63, 3.8) is 0 Å². The molecule has 1 saturated heterocycles. The lowest BCUT2D eigenvalue weighted by atomic mass is 10.0. The number of aromatic nitrogens is 3. The number of rotatable bonds is 3. The van der Waals surface area contributed by atoms with Crippen molar-refractivity contribution in [3.05, 3.63) is 54.5 Å². The standard InChI is InChI=1S/C20H23N5O/c1-2-19-22-16-7-3-4-8-17(16)25(19)15-10-13-24(14-11-15)20(26)23-18-9-5-6-12-21-18/h3-9,12,15H,2,10-11,13-14H2,1H3,(H,21,23,26). The van der Waals surface area contributed by atoms with E-state index in [2.05, 4.69) is 40.0 Å². The Morgan fingerprint density at radius 3 is 2.65 bits per heavy atom. The number of hydrogen-bond donors (Lipinski definition) is 1. The second-order valence-electron chi connectivity index (χ2n) is 6.60. The van der Waals surface area contributed by atoms with Crippen LogP contribution in [0, 0.1) is 0 Å². The second-order valence-corrected chi connectivity index (χ2v) is 6.60. The molecule has 0 bridgehead atoms. The molecule has 1 N–H and O–H groups in total. The van der Waals surface area contributed by atoms with E-state index in [1.165, 1.54) is 5.52 Å². The van der Waals surface area contributed by atoms with Gasteiger partial charge in [-0.3, -0.25) is 5.32 Å². The number of likely N-dealkylation sites (tertiary alicyclic amines) is 1. The molecule has 3 aromatic rings. The number of carbonyl (C=O) groups is 1. The van der Waals surface area contributed by atoms with Crippen molar-refractivity contribution in [2.45, 2.75) is 32.2 Å². The number of nitrogens with one attached hydrogen (secondary N) is 1. The number of pyridine rings is 1. The highest BCUT2D eigenvalue weighted by atomic mass is 16.2. The number of urea groups is 1. The summed E-state index contributed by atoms with van der Waals surface area (Å²) in [6.07, 6.45) is 4.46. The molecule has 1 aromatic carbocycles. The van der Waals surface area contributed by atoms with Crippen molar-refractivity contribution in [2.75, 3.05) is 18.4 Å². The fraction of sp³-hybridized carbons (Fsp3) is 0.350. The first-order chi connectivity index (χ1) is 12.8. The minimum Gasteiger partial charge on any atom is -0.325 e. The van der Waals surface area contributed by atoms with E-state index in [0.29, 0.717) is 11.9 Å². The zero-order valence-corrected chi connectivity index (χ0v) is 14.9. The number of benzene rings is 1.